The zero-order valence-corrected chi connectivity index (χ0v) is 24.4. The average molecular weight is 524 g/mol. The molecule has 4 aromatic carbocycles. The van der Waals surface area contributed by atoms with Gasteiger partial charge >= 0.3 is 0 Å². The summed E-state index contributed by atoms with van der Waals surface area (Å²) in [5, 5.41) is 13.6. The molecule has 0 saturated carbocycles. The minimum atomic E-state index is -3.22. The van der Waals surface area contributed by atoms with Gasteiger partial charge in [-0.15, -0.1) is 0 Å². The number of nitrogens with zero attached hydrogens (tertiary/aromatic N) is 1. The molecule has 0 atom stereocenters. The van der Waals surface area contributed by atoms with E-state index in [2.05, 4.69) is 47.6 Å². The summed E-state index contributed by atoms with van der Waals surface area (Å²) in [6, 6.07) is 31.1. The molecule has 4 aromatic rings. The first kappa shape index (κ1) is 27.6. The van der Waals surface area contributed by atoms with E-state index in [1.807, 2.05) is 97.9 Å². The van der Waals surface area contributed by atoms with Crippen molar-refractivity contribution >= 4 is 34.5 Å². The Morgan fingerprint density at radius 3 is 1.71 bits per heavy atom. The van der Waals surface area contributed by atoms with Gasteiger partial charge < -0.3 is 9.67 Å². The highest BCUT2D eigenvalue weighted by molar-refractivity contribution is 7.85. The molecule has 4 rings (SSSR count). The smallest absolute Gasteiger partial charge is 0.173 e. The van der Waals surface area contributed by atoms with E-state index >= 15 is 4.57 Å². The lowest BCUT2D eigenvalue weighted by molar-refractivity contribution is 0.443. The Morgan fingerprint density at radius 2 is 1.21 bits per heavy atom. The Kier molecular flexibility index (Phi) is 7.55. The first-order chi connectivity index (χ1) is 17.8. The number of phenols is 1. The van der Waals surface area contributed by atoms with Crippen molar-refractivity contribution in [3.63, 3.8) is 0 Å². The highest BCUT2D eigenvalue weighted by Crippen LogP contribution is 2.45. The maximum absolute atomic E-state index is 15.1. The van der Waals surface area contributed by atoms with E-state index in [9.17, 15) is 5.11 Å². The Hall–Kier alpha value is -3.42. The molecule has 0 spiro atoms. The molecule has 38 heavy (non-hydrogen) atoms. The molecule has 0 unspecified atom stereocenters. The highest BCUT2D eigenvalue weighted by Gasteiger charge is 2.32. The van der Waals surface area contributed by atoms with Gasteiger partial charge in [0, 0.05) is 32.8 Å². The number of para-hydroxylation sites is 1. The van der Waals surface area contributed by atoms with Crippen molar-refractivity contribution in [2.24, 2.45) is 4.99 Å². The topological polar surface area (TPSA) is 49.7 Å². The first-order valence-electron chi connectivity index (χ1n) is 13.1. The molecule has 0 aliphatic rings. The predicted octanol–water partition coefficient (Wildman–Crippen LogP) is 7.77. The molecule has 0 saturated heterocycles. The summed E-state index contributed by atoms with van der Waals surface area (Å²) >= 11 is 0. The summed E-state index contributed by atoms with van der Waals surface area (Å²) in [6.45, 7) is 14.8. The molecule has 0 aromatic heterocycles. The quantitative estimate of drug-likeness (QED) is 0.215. The second-order valence-electron chi connectivity index (χ2n) is 11.9. The van der Waals surface area contributed by atoms with Crippen LogP contribution in [-0.4, -0.2) is 10.8 Å². The van der Waals surface area contributed by atoms with Crippen LogP contribution in [0.3, 0.4) is 0 Å². The van der Waals surface area contributed by atoms with Crippen LogP contribution in [-0.2, 0) is 15.4 Å². The third kappa shape index (κ3) is 5.40. The van der Waals surface area contributed by atoms with Gasteiger partial charge in [0.25, 0.3) is 0 Å². The van der Waals surface area contributed by atoms with Crippen molar-refractivity contribution < 1.29 is 9.67 Å². The molecule has 0 fully saturated rings. The third-order valence-corrected chi connectivity index (χ3v) is 10.0. The Balaban J connectivity index is 1.96. The second-order valence-corrected chi connectivity index (χ2v) is 14.6. The zero-order chi connectivity index (χ0) is 27.7. The fraction of sp³-hybridized carbons (Fsp3) is 0.265. The molecule has 1 N–H and O–H groups in total. The number of aromatic hydroxyl groups is 1. The van der Waals surface area contributed by atoms with Crippen molar-refractivity contribution in [2.45, 2.75) is 59.3 Å². The monoisotopic (exact) mass is 523 g/mol. The van der Waals surface area contributed by atoms with Gasteiger partial charge in [0.15, 0.2) is 7.14 Å². The summed E-state index contributed by atoms with van der Waals surface area (Å²) in [4.78, 5) is 5.04. The predicted molar refractivity (Wildman–Crippen MR) is 163 cm³/mol. The standard InChI is InChI=1S/C34H38NO2P/c1-24(28-22-25(33(2,3)4)23-29(32(28)36)34(5,6)7)35-30-20-14-15-21-31(30)38(37,26-16-10-8-11-17-26)27-18-12-9-13-19-27/h8-23,36H,1-7H3. The Bertz CT molecular complexity index is 1460. The number of benzene rings is 4. The molecular formula is C34H38NO2P. The van der Waals surface area contributed by atoms with E-state index in [0.29, 0.717) is 22.3 Å². The number of rotatable bonds is 5. The maximum Gasteiger partial charge on any atom is 0.173 e. The van der Waals surface area contributed by atoms with Crippen LogP contribution in [0.2, 0.25) is 0 Å². The lowest BCUT2D eigenvalue weighted by Gasteiger charge is -2.27. The van der Waals surface area contributed by atoms with Gasteiger partial charge in [-0.1, -0.05) is 120 Å². The summed E-state index contributed by atoms with van der Waals surface area (Å²) in [6.07, 6.45) is 0. The molecule has 0 radical (unpaired) electrons. The van der Waals surface area contributed by atoms with E-state index in [1.54, 1.807) is 0 Å². The summed E-state index contributed by atoms with van der Waals surface area (Å²) in [5.41, 5.74) is 3.70. The van der Waals surface area contributed by atoms with Gasteiger partial charge in [0.1, 0.15) is 5.75 Å². The fourth-order valence-electron chi connectivity index (χ4n) is 4.68. The third-order valence-electron chi connectivity index (χ3n) is 6.92. The normalized spacial score (nSPS) is 13.0. The average Bonchev–Trinajstić information content (AvgIpc) is 2.88. The van der Waals surface area contributed by atoms with E-state index < -0.39 is 7.14 Å². The fourth-order valence-corrected chi connectivity index (χ4v) is 7.47. The number of hydrogen-bond donors (Lipinski definition) is 1. The first-order valence-corrected chi connectivity index (χ1v) is 14.8. The SMILES string of the molecule is CC(=Nc1ccccc1P(=O)(c1ccccc1)c1ccccc1)c1cc(C(C)(C)C)cc(C(C)(C)C)c1O. The molecule has 3 nitrogen and oxygen atoms in total. The largest absolute Gasteiger partial charge is 0.507 e. The van der Waals surface area contributed by atoms with Gasteiger partial charge in [-0.05, 0) is 41.5 Å². The number of aliphatic imine (C=N–C) groups is 1. The van der Waals surface area contributed by atoms with E-state index in [1.165, 1.54) is 0 Å². The molecule has 0 amide bonds. The van der Waals surface area contributed by atoms with E-state index in [4.69, 9.17) is 4.99 Å². The Labute approximate surface area is 227 Å². The van der Waals surface area contributed by atoms with Crippen LogP contribution in [0.25, 0.3) is 0 Å². The molecule has 196 valence electrons. The summed E-state index contributed by atoms with van der Waals surface area (Å²) in [7, 11) is -3.22. The Morgan fingerprint density at radius 1 is 0.711 bits per heavy atom. The van der Waals surface area contributed by atoms with E-state index in [0.717, 1.165) is 21.7 Å². The minimum Gasteiger partial charge on any atom is -0.507 e. The van der Waals surface area contributed by atoms with Crippen LogP contribution in [0.4, 0.5) is 5.69 Å². The van der Waals surface area contributed by atoms with Crippen LogP contribution in [0.1, 0.15) is 65.2 Å². The van der Waals surface area contributed by atoms with Crippen molar-refractivity contribution in [2.75, 3.05) is 0 Å². The van der Waals surface area contributed by atoms with Gasteiger partial charge in [-0.3, -0.25) is 4.99 Å². The molecule has 4 heteroatoms. The maximum atomic E-state index is 15.1. The highest BCUT2D eigenvalue weighted by atomic mass is 31.2. The molecule has 0 bridgehead atoms. The van der Waals surface area contributed by atoms with Gasteiger partial charge in [0.05, 0.1) is 5.69 Å². The second kappa shape index (κ2) is 10.4. The van der Waals surface area contributed by atoms with E-state index in [-0.39, 0.29) is 16.6 Å². The lowest BCUT2D eigenvalue weighted by Crippen LogP contribution is -2.25. The molecule has 0 aliphatic heterocycles. The molecular weight excluding hydrogens is 485 g/mol. The lowest BCUT2D eigenvalue weighted by atomic mass is 9.78. The van der Waals surface area contributed by atoms with Crippen LogP contribution in [0.15, 0.2) is 102 Å². The van der Waals surface area contributed by atoms with Crippen LogP contribution in [0, 0.1) is 0 Å². The van der Waals surface area contributed by atoms with Crippen molar-refractivity contribution in [1.82, 2.24) is 0 Å². The summed E-state index contributed by atoms with van der Waals surface area (Å²) < 4.78 is 15.1. The van der Waals surface area contributed by atoms with Crippen molar-refractivity contribution in [3.8, 4) is 5.75 Å². The summed E-state index contributed by atoms with van der Waals surface area (Å²) in [5.74, 6) is 0.249. The van der Waals surface area contributed by atoms with Crippen LogP contribution >= 0.6 is 7.14 Å². The molecule has 0 heterocycles. The van der Waals surface area contributed by atoms with Crippen molar-refractivity contribution in [1.29, 1.82) is 0 Å². The van der Waals surface area contributed by atoms with Gasteiger partial charge in [-0.25, -0.2) is 0 Å². The minimum absolute atomic E-state index is 0.100. The zero-order valence-electron chi connectivity index (χ0n) is 23.5. The van der Waals surface area contributed by atoms with Crippen molar-refractivity contribution in [3.05, 3.63) is 114 Å². The molecule has 0 aliphatic carbocycles. The van der Waals surface area contributed by atoms with Gasteiger partial charge in [0.2, 0.25) is 0 Å². The van der Waals surface area contributed by atoms with Crippen LogP contribution in [0.5, 0.6) is 5.75 Å². The van der Waals surface area contributed by atoms with Crippen LogP contribution < -0.4 is 15.9 Å². The number of phenolic OH excluding ortho intramolecular Hbond substituents is 1. The van der Waals surface area contributed by atoms with Gasteiger partial charge in [-0.2, -0.15) is 0 Å². The number of hydrogen-bond acceptors (Lipinski definition) is 3.